The summed E-state index contributed by atoms with van der Waals surface area (Å²) >= 11 is 0. The molecule has 2 aromatic rings. The number of piperidine rings is 1. The van der Waals surface area contributed by atoms with Crippen LogP contribution in [0.15, 0.2) is 24.4 Å². The fourth-order valence-electron chi connectivity index (χ4n) is 4.76. The summed E-state index contributed by atoms with van der Waals surface area (Å²) in [6.07, 6.45) is 4.16. The Morgan fingerprint density at radius 2 is 1.76 bits per heavy atom. The zero-order chi connectivity index (χ0) is 20.5. The van der Waals surface area contributed by atoms with Gasteiger partial charge in [0.1, 0.15) is 0 Å². The van der Waals surface area contributed by atoms with Crippen LogP contribution < -0.4 is 14.4 Å². The molecule has 0 unspecified atom stereocenters. The maximum Gasteiger partial charge on any atom is 0.225 e. The van der Waals surface area contributed by atoms with E-state index in [4.69, 9.17) is 14.5 Å². The first-order chi connectivity index (χ1) is 14.0. The summed E-state index contributed by atoms with van der Waals surface area (Å²) in [6, 6.07) is 5.88. The second-order valence-corrected chi connectivity index (χ2v) is 8.52. The summed E-state index contributed by atoms with van der Waals surface area (Å²) in [6.45, 7) is 6.49. The summed E-state index contributed by atoms with van der Waals surface area (Å²) in [5, 5.41) is 0. The van der Waals surface area contributed by atoms with Gasteiger partial charge in [-0.25, -0.2) is 9.97 Å². The summed E-state index contributed by atoms with van der Waals surface area (Å²) in [5.74, 6) is 3.57. The van der Waals surface area contributed by atoms with Crippen molar-refractivity contribution < 1.29 is 14.3 Å². The van der Waals surface area contributed by atoms with Crippen LogP contribution >= 0.6 is 0 Å². The molecule has 3 atom stereocenters. The maximum absolute atomic E-state index is 12.8. The lowest BCUT2D eigenvalue weighted by Gasteiger charge is -2.35. The van der Waals surface area contributed by atoms with Gasteiger partial charge in [-0.05, 0) is 48.3 Å². The number of rotatable bonds is 4. The number of aromatic nitrogens is 2. The molecule has 4 rings (SSSR count). The average molecular weight is 396 g/mol. The third-order valence-corrected chi connectivity index (χ3v) is 6.06. The van der Waals surface area contributed by atoms with Crippen LogP contribution in [0.3, 0.4) is 0 Å². The molecule has 2 aliphatic rings. The highest BCUT2D eigenvalue weighted by Gasteiger charge is 2.30. The topological polar surface area (TPSA) is 64.5 Å². The molecule has 0 radical (unpaired) electrons. The minimum atomic E-state index is 0.0803. The number of ether oxygens (including phenoxy) is 2. The smallest absolute Gasteiger partial charge is 0.225 e. The first-order valence-electron chi connectivity index (χ1n) is 10.3. The standard InChI is InChI=1S/C23H29N3O3/c1-14-7-15(2)13-26(12-14)23-24-11-18-19(25-23)8-17(9-20(18)27)16-5-6-21(28-3)22(10-16)29-4/h5-6,10-11,14-15,17H,7-9,12-13H2,1-4H3/t14-,15+,17-/m0/s1. The van der Waals surface area contributed by atoms with Crippen LogP contribution in [0.2, 0.25) is 0 Å². The van der Waals surface area contributed by atoms with Gasteiger partial charge in [0.05, 0.1) is 25.5 Å². The molecule has 1 saturated heterocycles. The molecule has 2 heterocycles. The van der Waals surface area contributed by atoms with E-state index in [1.807, 2.05) is 18.2 Å². The minimum Gasteiger partial charge on any atom is -0.493 e. The van der Waals surface area contributed by atoms with Crippen molar-refractivity contribution in [1.82, 2.24) is 9.97 Å². The largest absolute Gasteiger partial charge is 0.493 e. The third kappa shape index (κ3) is 3.93. The van der Waals surface area contributed by atoms with Crippen molar-refractivity contribution in [2.45, 2.75) is 39.0 Å². The third-order valence-electron chi connectivity index (χ3n) is 6.06. The molecule has 1 aliphatic heterocycles. The van der Waals surface area contributed by atoms with Gasteiger partial charge in [0, 0.05) is 25.7 Å². The Kier molecular flexibility index (Phi) is 5.43. The Bertz CT molecular complexity index is 904. The molecule has 6 nitrogen and oxygen atoms in total. The summed E-state index contributed by atoms with van der Waals surface area (Å²) < 4.78 is 10.8. The Morgan fingerprint density at radius 3 is 2.45 bits per heavy atom. The molecule has 0 saturated carbocycles. The monoisotopic (exact) mass is 395 g/mol. The second-order valence-electron chi connectivity index (χ2n) is 8.52. The van der Waals surface area contributed by atoms with Gasteiger partial charge in [0.2, 0.25) is 5.95 Å². The lowest BCUT2D eigenvalue weighted by molar-refractivity contribution is 0.0962. The number of Topliss-reactive ketones (excluding diaryl/α,β-unsaturated/α-hetero) is 1. The fourth-order valence-corrected chi connectivity index (χ4v) is 4.76. The Hall–Kier alpha value is -2.63. The van der Waals surface area contributed by atoms with E-state index in [0.29, 0.717) is 35.3 Å². The van der Waals surface area contributed by atoms with Crippen LogP contribution in [0, 0.1) is 11.8 Å². The average Bonchev–Trinajstić information content (AvgIpc) is 2.72. The number of nitrogens with zero attached hydrogens (tertiary/aromatic N) is 3. The fraction of sp³-hybridized carbons (Fsp3) is 0.522. The molecule has 0 amide bonds. The number of methoxy groups -OCH3 is 2. The van der Waals surface area contributed by atoms with E-state index < -0.39 is 0 Å². The number of benzene rings is 1. The van der Waals surface area contributed by atoms with E-state index >= 15 is 0 Å². The molecule has 0 N–H and O–H groups in total. The molecule has 0 bridgehead atoms. The van der Waals surface area contributed by atoms with Gasteiger partial charge in [-0.3, -0.25) is 4.79 Å². The number of hydrogen-bond acceptors (Lipinski definition) is 6. The zero-order valence-corrected chi connectivity index (χ0v) is 17.6. The van der Waals surface area contributed by atoms with Crippen molar-refractivity contribution >= 4 is 11.7 Å². The minimum absolute atomic E-state index is 0.0803. The van der Waals surface area contributed by atoms with E-state index in [1.165, 1.54) is 6.42 Å². The van der Waals surface area contributed by atoms with E-state index in [1.54, 1.807) is 20.4 Å². The first-order valence-corrected chi connectivity index (χ1v) is 10.3. The van der Waals surface area contributed by atoms with Crippen LogP contribution in [0.1, 0.15) is 54.2 Å². The number of carbonyl (C=O) groups is 1. The van der Waals surface area contributed by atoms with Gasteiger partial charge in [-0.15, -0.1) is 0 Å². The number of anilines is 1. The SMILES string of the molecule is COc1ccc([C@@H]2CC(=O)c3cnc(N4C[C@H](C)C[C@H](C)C4)nc3C2)cc1OC. The molecule has 0 spiro atoms. The van der Waals surface area contributed by atoms with E-state index in [0.717, 1.165) is 36.7 Å². The Balaban J connectivity index is 1.62. The maximum atomic E-state index is 12.8. The van der Waals surface area contributed by atoms with E-state index in [2.05, 4.69) is 23.7 Å². The van der Waals surface area contributed by atoms with Crippen LogP contribution in [0.25, 0.3) is 0 Å². The van der Waals surface area contributed by atoms with Crippen molar-refractivity contribution in [2.75, 3.05) is 32.2 Å². The van der Waals surface area contributed by atoms with E-state index in [-0.39, 0.29) is 11.7 Å². The highest BCUT2D eigenvalue weighted by atomic mass is 16.5. The summed E-state index contributed by atoms with van der Waals surface area (Å²) in [7, 11) is 3.25. The van der Waals surface area contributed by atoms with Crippen molar-refractivity contribution in [3.05, 3.63) is 41.2 Å². The lowest BCUT2D eigenvalue weighted by atomic mass is 9.82. The van der Waals surface area contributed by atoms with Gasteiger partial charge >= 0.3 is 0 Å². The van der Waals surface area contributed by atoms with Gasteiger partial charge in [0.25, 0.3) is 0 Å². The van der Waals surface area contributed by atoms with Crippen LogP contribution in [0.5, 0.6) is 11.5 Å². The molecular formula is C23H29N3O3. The van der Waals surface area contributed by atoms with Crippen molar-refractivity contribution in [3.63, 3.8) is 0 Å². The zero-order valence-electron chi connectivity index (χ0n) is 17.6. The molecule has 1 aliphatic carbocycles. The molecule has 1 aromatic heterocycles. The van der Waals surface area contributed by atoms with Crippen LogP contribution in [-0.2, 0) is 6.42 Å². The predicted octanol–water partition coefficient (Wildman–Crippen LogP) is 3.89. The quantitative estimate of drug-likeness (QED) is 0.783. The Labute approximate surface area is 172 Å². The highest BCUT2D eigenvalue weighted by Crippen LogP contribution is 2.37. The van der Waals surface area contributed by atoms with Crippen LogP contribution in [-0.4, -0.2) is 43.1 Å². The number of ketones is 1. The normalized spacial score (nSPS) is 24.2. The van der Waals surface area contributed by atoms with Crippen LogP contribution in [0.4, 0.5) is 5.95 Å². The van der Waals surface area contributed by atoms with Crippen molar-refractivity contribution in [3.8, 4) is 11.5 Å². The summed E-state index contributed by atoms with van der Waals surface area (Å²) in [5.41, 5.74) is 2.60. The van der Waals surface area contributed by atoms with Gasteiger partial charge < -0.3 is 14.4 Å². The van der Waals surface area contributed by atoms with Gasteiger partial charge in [-0.1, -0.05) is 19.9 Å². The summed E-state index contributed by atoms with van der Waals surface area (Å²) in [4.78, 5) is 24.4. The number of carbonyl (C=O) groups excluding carboxylic acids is 1. The van der Waals surface area contributed by atoms with Crippen molar-refractivity contribution in [1.29, 1.82) is 0 Å². The molecule has 1 aromatic carbocycles. The lowest BCUT2D eigenvalue weighted by Crippen LogP contribution is -2.40. The first kappa shape index (κ1) is 19.7. The molecular weight excluding hydrogens is 366 g/mol. The van der Waals surface area contributed by atoms with Gasteiger partial charge in [-0.2, -0.15) is 0 Å². The molecule has 29 heavy (non-hydrogen) atoms. The highest BCUT2D eigenvalue weighted by molar-refractivity contribution is 5.98. The molecule has 154 valence electrons. The molecule has 1 fully saturated rings. The number of hydrogen-bond donors (Lipinski definition) is 0. The van der Waals surface area contributed by atoms with E-state index in [9.17, 15) is 4.79 Å². The predicted molar refractivity (Wildman–Crippen MR) is 112 cm³/mol. The number of fused-ring (bicyclic) bond motifs is 1. The van der Waals surface area contributed by atoms with Gasteiger partial charge in [0.15, 0.2) is 17.3 Å². The Morgan fingerprint density at radius 1 is 1.03 bits per heavy atom. The van der Waals surface area contributed by atoms with Crippen molar-refractivity contribution in [2.24, 2.45) is 11.8 Å². The second kappa shape index (κ2) is 8.01. The molecule has 6 heteroatoms.